The van der Waals surface area contributed by atoms with Gasteiger partial charge in [-0.05, 0) is 28.8 Å². The van der Waals surface area contributed by atoms with Gasteiger partial charge >= 0.3 is 0 Å². The smallest absolute Gasteiger partial charge is 0.272 e. The van der Waals surface area contributed by atoms with Crippen LogP contribution < -0.4 is 10.3 Å². The molecule has 0 atom stereocenters. The van der Waals surface area contributed by atoms with Crippen LogP contribution in [-0.2, 0) is 12.8 Å². The minimum atomic E-state index is -0.116. The van der Waals surface area contributed by atoms with E-state index in [2.05, 4.69) is 17.2 Å². The van der Waals surface area contributed by atoms with Gasteiger partial charge < -0.3 is 4.74 Å². The fourth-order valence-corrected chi connectivity index (χ4v) is 4.02. The van der Waals surface area contributed by atoms with Crippen molar-refractivity contribution in [2.45, 2.75) is 12.8 Å². The Balaban J connectivity index is 1.67. The molecule has 158 valence electrons. The van der Waals surface area contributed by atoms with E-state index in [0.717, 1.165) is 39.4 Å². The lowest BCUT2D eigenvalue weighted by molar-refractivity contribution is 0.415. The Morgan fingerprint density at radius 2 is 1.47 bits per heavy atom. The van der Waals surface area contributed by atoms with Crippen LogP contribution in [0.1, 0.15) is 22.5 Å². The molecule has 5 rings (SSSR count). The van der Waals surface area contributed by atoms with Crippen molar-refractivity contribution in [1.29, 1.82) is 0 Å². The van der Waals surface area contributed by atoms with E-state index in [-0.39, 0.29) is 5.56 Å². The summed E-state index contributed by atoms with van der Waals surface area (Å²) in [5, 5.41) is 3.31. The molecule has 3 aromatic carbocycles. The van der Waals surface area contributed by atoms with Crippen molar-refractivity contribution in [3.63, 3.8) is 0 Å². The van der Waals surface area contributed by atoms with Crippen LogP contribution in [0.2, 0.25) is 0 Å². The van der Waals surface area contributed by atoms with E-state index >= 15 is 0 Å². The summed E-state index contributed by atoms with van der Waals surface area (Å²) >= 11 is 0. The Bertz CT molecular complexity index is 1400. The van der Waals surface area contributed by atoms with Gasteiger partial charge in [0.15, 0.2) is 5.65 Å². The van der Waals surface area contributed by atoms with E-state index in [1.165, 1.54) is 0 Å². The summed E-state index contributed by atoms with van der Waals surface area (Å²) in [6, 6.07) is 29.8. The van der Waals surface area contributed by atoms with Crippen LogP contribution in [0.3, 0.4) is 0 Å². The van der Waals surface area contributed by atoms with Gasteiger partial charge in [-0.15, -0.1) is 0 Å². The van der Waals surface area contributed by atoms with Crippen molar-refractivity contribution in [1.82, 2.24) is 14.6 Å². The fraction of sp³-hybridized carbons (Fsp3) is 0.111. The number of fused-ring (bicyclic) bond motifs is 1. The van der Waals surface area contributed by atoms with Gasteiger partial charge in [-0.25, -0.2) is 9.50 Å². The van der Waals surface area contributed by atoms with Crippen molar-refractivity contribution in [2.24, 2.45) is 0 Å². The zero-order chi connectivity index (χ0) is 21.9. The van der Waals surface area contributed by atoms with E-state index in [1.54, 1.807) is 17.7 Å². The number of hydrogen-bond acceptors (Lipinski definition) is 3. The number of H-pyrrole nitrogens is 1. The SMILES string of the molecule is COc1ccc(-c2c(Cc3ccccc3)[nH]n3c(=O)cc(Cc4ccccc4)nc23)cc1. The predicted molar refractivity (Wildman–Crippen MR) is 126 cm³/mol. The van der Waals surface area contributed by atoms with Crippen LogP contribution in [0.15, 0.2) is 95.8 Å². The van der Waals surface area contributed by atoms with Crippen molar-refractivity contribution >= 4 is 5.65 Å². The lowest BCUT2D eigenvalue weighted by Gasteiger charge is -2.07. The predicted octanol–water partition coefficient (Wildman–Crippen LogP) is 4.88. The summed E-state index contributed by atoms with van der Waals surface area (Å²) in [5.41, 5.74) is 6.42. The van der Waals surface area contributed by atoms with E-state index in [1.807, 2.05) is 72.8 Å². The van der Waals surface area contributed by atoms with Crippen LogP contribution in [0, 0.1) is 0 Å². The van der Waals surface area contributed by atoms with Crippen molar-refractivity contribution in [3.8, 4) is 16.9 Å². The van der Waals surface area contributed by atoms with Crippen LogP contribution in [0.25, 0.3) is 16.8 Å². The molecule has 2 aromatic heterocycles. The highest BCUT2D eigenvalue weighted by Gasteiger charge is 2.18. The van der Waals surface area contributed by atoms with E-state index in [0.29, 0.717) is 18.5 Å². The topological polar surface area (TPSA) is 59.4 Å². The molecule has 32 heavy (non-hydrogen) atoms. The first-order chi connectivity index (χ1) is 15.7. The number of methoxy groups -OCH3 is 1. The number of benzene rings is 3. The highest BCUT2D eigenvalue weighted by Crippen LogP contribution is 2.30. The lowest BCUT2D eigenvalue weighted by atomic mass is 10.0. The van der Waals surface area contributed by atoms with Gasteiger partial charge in [-0.1, -0.05) is 72.8 Å². The van der Waals surface area contributed by atoms with Gasteiger partial charge in [0.1, 0.15) is 5.75 Å². The maximum absolute atomic E-state index is 13.0. The first-order valence-corrected chi connectivity index (χ1v) is 10.6. The fourth-order valence-electron chi connectivity index (χ4n) is 4.02. The second-order valence-electron chi connectivity index (χ2n) is 7.76. The summed E-state index contributed by atoms with van der Waals surface area (Å²) in [7, 11) is 1.65. The highest BCUT2D eigenvalue weighted by atomic mass is 16.5. The Labute approximate surface area is 185 Å². The molecule has 0 saturated heterocycles. The van der Waals surface area contributed by atoms with Crippen LogP contribution in [0.5, 0.6) is 5.75 Å². The largest absolute Gasteiger partial charge is 0.497 e. The summed E-state index contributed by atoms with van der Waals surface area (Å²) < 4.78 is 6.87. The minimum absolute atomic E-state index is 0.116. The van der Waals surface area contributed by atoms with Crippen LogP contribution in [-0.4, -0.2) is 21.7 Å². The van der Waals surface area contributed by atoms with Gasteiger partial charge in [0, 0.05) is 30.2 Å². The van der Waals surface area contributed by atoms with Crippen molar-refractivity contribution in [3.05, 3.63) is 124 Å². The molecule has 0 fully saturated rings. The summed E-state index contributed by atoms with van der Waals surface area (Å²) in [4.78, 5) is 17.9. The molecule has 5 heteroatoms. The Hall–Kier alpha value is -4.12. The summed E-state index contributed by atoms with van der Waals surface area (Å²) in [6.45, 7) is 0. The van der Waals surface area contributed by atoms with Gasteiger partial charge in [-0.2, -0.15) is 0 Å². The van der Waals surface area contributed by atoms with Gasteiger partial charge in [0.2, 0.25) is 0 Å². The molecule has 0 aliphatic rings. The zero-order valence-electron chi connectivity index (χ0n) is 17.8. The van der Waals surface area contributed by atoms with Crippen molar-refractivity contribution in [2.75, 3.05) is 7.11 Å². The van der Waals surface area contributed by atoms with Gasteiger partial charge in [0.25, 0.3) is 5.56 Å². The molecule has 5 aromatic rings. The number of nitrogens with one attached hydrogen (secondary N) is 1. The average molecular weight is 422 g/mol. The van der Waals surface area contributed by atoms with Crippen LogP contribution >= 0.6 is 0 Å². The third-order valence-electron chi connectivity index (χ3n) is 5.57. The number of aromatic amines is 1. The first kappa shape index (κ1) is 19.8. The summed E-state index contributed by atoms with van der Waals surface area (Å²) in [5.74, 6) is 0.785. The van der Waals surface area contributed by atoms with E-state index in [4.69, 9.17) is 9.72 Å². The lowest BCUT2D eigenvalue weighted by Crippen LogP contribution is -2.16. The average Bonchev–Trinajstić information content (AvgIpc) is 3.19. The molecule has 1 N–H and O–H groups in total. The number of hydrogen-bond donors (Lipinski definition) is 1. The number of nitrogens with zero attached hydrogens (tertiary/aromatic N) is 2. The van der Waals surface area contributed by atoms with E-state index in [9.17, 15) is 4.79 Å². The standard InChI is InChI=1S/C27H23N3O2/c1-32-23-14-12-21(13-15-23)26-24(17-20-10-6-3-7-11-20)29-30-25(31)18-22(28-27(26)30)16-19-8-4-2-5-9-19/h2-15,18,29H,16-17H2,1H3. The van der Waals surface area contributed by atoms with E-state index < -0.39 is 0 Å². The molecule has 0 saturated carbocycles. The van der Waals surface area contributed by atoms with Crippen LogP contribution in [0.4, 0.5) is 0 Å². The number of ether oxygens (including phenoxy) is 1. The third kappa shape index (κ3) is 3.93. The zero-order valence-corrected chi connectivity index (χ0v) is 17.8. The number of aromatic nitrogens is 3. The molecule has 0 amide bonds. The number of rotatable bonds is 6. The molecule has 0 spiro atoms. The Morgan fingerprint density at radius 3 is 2.09 bits per heavy atom. The molecule has 0 aliphatic carbocycles. The Morgan fingerprint density at radius 1 is 0.844 bits per heavy atom. The molecule has 0 bridgehead atoms. The molecule has 0 radical (unpaired) electrons. The quantitative estimate of drug-likeness (QED) is 0.425. The molecule has 2 heterocycles. The molecule has 0 unspecified atom stereocenters. The first-order valence-electron chi connectivity index (χ1n) is 10.6. The molecule has 5 nitrogen and oxygen atoms in total. The van der Waals surface area contributed by atoms with Gasteiger partial charge in [-0.3, -0.25) is 9.89 Å². The summed E-state index contributed by atoms with van der Waals surface area (Å²) in [6.07, 6.45) is 1.27. The minimum Gasteiger partial charge on any atom is -0.497 e. The maximum Gasteiger partial charge on any atom is 0.272 e. The molecular formula is C27H23N3O2. The second-order valence-corrected chi connectivity index (χ2v) is 7.76. The van der Waals surface area contributed by atoms with Gasteiger partial charge in [0.05, 0.1) is 12.8 Å². The molecule has 0 aliphatic heterocycles. The normalized spacial score (nSPS) is 11.0. The van der Waals surface area contributed by atoms with Crippen molar-refractivity contribution < 1.29 is 4.74 Å². The maximum atomic E-state index is 13.0. The molecular weight excluding hydrogens is 398 g/mol. The Kier molecular flexibility index (Phi) is 5.30. The third-order valence-corrected chi connectivity index (χ3v) is 5.57. The monoisotopic (exact) mass is 421 g/mol. The second kappa shape index (κ2) is 8.55. The highest BCUT2D eigenvalue weighted by molar-refractivity contribution is 5.80.